The van der Waals surface area contributed by atoms with Gasteiger partial charge in [0, 0.05) is 26.7 Å². The van der Waals surface area contributed by atoms with Gasteiger partial charge in [0.2, 0.25) is 0 Å². The van der Waals surface area contributed by atoms with Crippen LogP contribution in [0.2, 0.25) is 0 Å². The maximum absolute atomic E-state index is 12.7. The molecule has 0 spiro atoms. The molecule has 0 saturated carbocycles. The Morgan fingerprint density at radius 2 is 1.84 bits per heavy atom. The molecule has 3 heterocycles. The molecule has 3 aromatic heterocycles. The van der Waals surface area contributed by atoms with Crippen molar-refractivity contribution in [2.24, 2.45) is 14.1 Å². The average Bonchev–Trinajstić information content (AvgIpc) is 3.10. The van der Waals surface area contributed by atoms with Gasteiger partial charge in [-0.3, -0.25) is 13.9 Å². The third-order valence-electron chi connectivity index (χ3n) is 4.20. The standard InChI is InChI=1S/C16H15N7O2/c1-21-14-13(15(24)22(2)16(21)25)11(8-12-18-19-20-23(12)14)17-9-10-6-4-3-5-7-10/h3-8,17H,9H2,1-2H3. The molecule has 9 heteroatoms. The number of anilines is 1. The van der Waals surface area contributed by atoms with Crippen LogP contribution in [0.4, 0.5) is 5.69 Å². The summed E-state index contributed by atoms with van der Waals surface area (Å²) in [4.78, 5) is 25.0. The molecule has 0 atom stereocenters. The van der Waals surface area contributed by atoms with E-state index in [9.17, 15) is 9.59 Å². The van der Waals surface area contributed by atoms with Crippen molar-refractivity contribution in [3.8, 4) is 0 Å². The summed E-state index contributed by atoms with van der Waals surface area (Å²) in [7, 11) is 3.04. The molecule has 9 nitrogen and oxygen atoms in total. The first-order chi connectivity index (χ1) is 12.1. The maximum Gasteiger partial charge on any atom is 0.332 e. The molecule has 4 aromatic rings. The van der Waals surface area contributed by atoms with Crippen molar-refractivity contribution in [1.82, 2.24) is 29.2 Å². The molecule has 1 N–H and O–H groups in total. The summed E-state index contributed by atoms with van der Waals surface area (Å²) in [5.41, 5.74) is 1.62. The summed E-state index contributed by atoms with van der Waals surface area (Å²) in [6.45, 7) is 0.527. The molecule has 0 aliphatic carbocycles. The van der Waals surface area contributed by atoms with E-state index >= 15 is 0 Å². The molecule has 25 heavy (non-hydrogen) atoms. The molecule has 0 bridgehead atoms. The van der Waals surface area contributed by atoms with Gasteiger partial charge < -0.3 is 5.32 Å². The Morgan fingerprint density at radius 1 is 1.08 bits per heavy atom. The molecular formula is C16H15N7O2. The molecule has 0 amide bonds. The topological polar surface area (TPSA) is 99.1 Å². The number of hydrogen-bond donors (Lipinski definition) is 1. The second kappa shape index (κ2) is 5.55. The van der Waals surface area contributed by atoms with E-state index in [2.05, 4.69) is 20.8 Å². The highest BCUT2D eigenvalue weighted by atomic mass is 16.2. The fraction of sp³-hybridized carbons (Fsp3) is 0.188. The lowest BCUT2D eigenvalue weighted by atomic mass is 10.2. The minimum atomic E-state index is -0.436. The zero-order valence-corrected chi connectivity index (χ0v) is 13.7. The Balaban J connectivity index is 1.99. The molecule has 1 aromatic carbocycles. The van der Waals surface area contributed by atoms with Gasteiger partial charge in [-0.05, 0) is 16.0 Å². The third-order valence-corrected chi connectivity index (χ3v) is 4.20. The Kier molecular flexibility index (Phi) is 3.34. The second-order valence-electron chi connectivity index (χ2n) is 5.75. The predicted octanol–water partition coefficient (Wildman–Crippen LogP) is 0.287. The minimum Gasteiger partial charge on any atom is -0.380 e. The smallest absolute Gasteiger partial charge is 0.332 e. The van der Waals surface area contributed by atoms with Crippen LogP contribution < -0.4 is 16.6 Å². The van der Waals surface area contributed by atoms with Crippen LogP contribution in [0, 0.1) is 0 Å². The van der Waals surface area contributed by atoms with Gasteiger partial charge in [0.15, 0.2) is 11.3 Å². The number of hydrogen-bond acceptors (Lipinski definition) is 6. The van der Waals surface area contributed by atoms with Gasteiger partial charge in [0.1, 0.15) is 5.39 Å². The highest BCUT2D eigenvalue weighted by Gasteiger charge is 2.17. The first kappa shape index (κ1) is 15.1. The first-order valence-electron chi connectivity index (χ1n) is 7.66. The second-order valence-corrected chi connectivity index (χ2v) is 5.75. The lowest BCUT2D eigenvalue weighted by Crippen LogP contribution is -2.38. The normalized spacial score (nSPS) is 11.3. The van der Waals surface area contributed by atoms with Crippen molar-refractivity contribution in [3.63, 3.8) is 0 Å². The van der Waals surface area contributed by atoms with Crippen LogP contribution >= 0.6 is 0 Å². The molecule has 0 unspecified atom stereocenters. The quantitative estimate of drug-likeness (QED) is 0.577. The highest BCUT2D eigenvalue weighted by Crippen LogP contribution is 2.21. The number of nitrogens with zero attached hydrogens (tertiary/aromatic N) is 6. The van der Waals surface area contributed by atoms with Crippen molar-refractivity contribution >= 4 is 22.4 Å². The zero-order chi connectivity index (χ0) is 17.6. The Morgan fingerprint density at radius 3 is 2.60 bits per heavy atom. The lowest BCUT2D eigenvalue weighted by molar-refractivity contribution is 0.694. The number of pyridine rings is 1. The van der Waals surface area contributed by atoms with E-state index in [1.54, 1.807) is 13.1 Å². The number of fused-ring (bicyclic) bond motifs is 3. The van der Waals surface area contributed by atoms with Crippen molar-refractivity contribution in [3.05, 3.63) is 62.8 Å². The molecule has 4 rings (SSSR count). The summed E-state index contributed by atoms with van der Waals surface area (Å²) in [5.74, 6) is 0. The lowest BCUT2D eigenvalue weighted by Gasteiger charge is -2.13. The maximum atomic E-state index is 12.7. The van der Waals surface area contributed by atoms with Gasteiger partial charge in [-0.25, -0.2) is 4.79 Å². The Hall–Kier alpha value is -3.49. The predicted molar refractivity (Wildman–Crippen MR) is 92.5 cm³/mol. The largest absolute Gasteiger partial charge is 0.380 e. The van der Waals surface area contributed by atoms with Crippen LogP contribution in [0.3, 0.4) is 0 Å². The fourth-order valence-corrected chi connectivity index (χ4v) is 2.89. The molecule has 126 valence electrons. The average molecular weight is 337 g/mol. The molecule has 0 aliphatic rings. The summed E-state index contributed by atoms with van der Waals surface area (Å²) < 4.78 is 3.84. The van der Waals surface area contributed by atoms with E-state index in [0.29, 0.717) is 28.9 Å². The fourth-order valence-electron chi connectivity index (χ4n) is 2.89. The van der Waals surface area contributed by atoms with E-state index in [4.69, 9.17) is 0 Å². The minimum absolute atomic E-state index is 0.353. The number of nitrogens with one attached hydrogen (secondary N) is 1. The molecule has 0 fully saturated rings. The molecule has 0 saturated heterocycles. The zero-order valence-electron chi connectivity index (χ0n) is 13.7. The molecule has 0 radical (unpaired) electrons. The Labute approximate surface area is 141 Å². The van der Waals surface area contributed by atoms with E-state index in [1.165, 1.54) is 16.1 Å². The number of tetrazole rings is 1. The van der Waals surface area contributed by atoms with Crippen molar-refractivity contribution in [2.75, 3.05) is 5.32 Å². The van der Waals surface area contributed by atoms with Crippen molar-refractivity contribution in [1.29, 1.82) is 0 Å². The third kappa shape index (κ3) is 2.28. The number of benzene rings is 1. The van der Waals surface area contributed by atoms with E-state index in [-0.39, 0.29) is 0 Å². The summed E-state index contributed by atoms with van der Waals surface area (Å²) >= 11 is 0. The van der Waals surface area contributed by atoms with Crippen molar-refractivity contribution < 1.29 is 0 Å². The Bertz CT molecular complexity index is 1200. The van der Waals surface area contributed by atoms with Gasteiger partial charge in [-0.1, -0.05) is 30.3 Å². The first-order valence-corrected chi connectivity index (χ1v) is 7.66. The van der Waals surface area contributed by atoms with Crippen LogP contribution in [0.25, 0.3) is 16.7 Å². The summed E-state index contributed by atoms with van der Waals surface area (Å²) in [5, 5.41) is 15.1. The monoisotopic (exact) mass is 337 g/mol. The summed E-state index contributed by atoms with van der Waals surface area (Å²) in [6.07, 6.45) is 0. The van der Waals surface area contributed by atoms with Crippen LogP contribution in [0.5, 0.6) is 0 Å². The van der Waals surface area contributed by atoms with Crippen molar-refractivity contribution in [2.45, 2.75) is 6.54 Å². The van der Waals surface area contributed by atoms with Gasteiger partial charge in [0.25, 0.3) is 5.56 Å². The van der Waals surface area contributed by atoms with E-state index in [1.807, 2.05) is 30.3 Å². The van der Waals surface area contributed by atoms with Gasteiger partial charge in [-0.2, -0.15) is 4.52 Å². The SMILES string of the molecule is Cn1c(=O)c2c(NCc3ccccc3)cc3nnnn3c2n(C)c1=O. The number of aromatic nitrogens is 6. The molecule has 0 aliphatic heterocycles. The van der Waals surface area contributed by atoms with Gasteiger partial charge >= 0.3 is 5.69 Å². The van der Waals surface area contributed by atoms with Crippen LogP contribution in [0.15, 0.2) is 46.0 Å². The summed E-state index contributed by atoms with van der Waals surface area (Å²) in [6, 6.07) is 11.5. The van der Waals surface area contributed by atoms with Crippen LogP contribution in [-0.2, 0) is 20.6 Å². The van der Waals surface area contributed by atoms with Crippen LogP contribution in [0.1, 0.15) is 5.56 Å². The molecular weight excluding hydrogens is 322 g/mol. The highest BCUT2D eigenvalue weighted by molar-refractivity contribution is 5.91. The van der Waals surface area contributed by atoms with Crippen LogP contribution in [-0.4, -0.2) is 29.2 Å². The van der Waals surface area contributed by atoms with E-state index < -0.39 is 11.2 Å². The van der Waals surface area contributed by atoms with Gasteiger partial charge in [-0.15, -0.1) is 5.10 Å². The van der Waals surface area contributed by atoms with Gasteiger partial charge in [0.05, 0.1) is 5.69 Å². The number of rotatable bonds is 3. The van der Waals surface area contributed by atoms with E-state index in [0.717, 1.165) is 10.1 Å². The number of aryl methyl sites for hydroxylation is 1.